The largest absolute Gasteiger partial charge is 0.489 e. The molecule has 0 bridgehead atoms. The van der Waals surface area contributed by atoms with Crippen molar-refractivity contribution in [2.45, 2.75) is 45.9 Å². The zero-order chi connectivity index (χ0) is 26.7. The number of amides is 2. The van der Waals surface area contributed by atoms with Gasteiger partial charge in [-0.05, 0) is 64.1 Å². The number of aryl methyl sites for hydroxylation is 1. The molecule has 9 heteroatoms. The van der Waals surface area contributed by atoms with Gasteiger partial charge < -0.3 is 24.8 Å². The summed E-state index contributed by atoms with van der Waals surface area (Å²) in [7, 11) is 0. The second-order valence-corrected chi connectivity index (χ2v) is 10.2. The Labute approximate surface area is 215 Å². The number of aromatic nitrogens is 1. The van der Waals surface area contributed by atoms with Crippen molar-refractivity contribution < 1.29 is 29.0 Å². The standard InChI is InChI=1S/C28H31N3O6/c1-17-13-19(21-7-5-6-8-23(21)29-17)16-36-20-11-9-18(10-12-20)25(32)30-24-15-31(14-22(24)26(33)34)27(35)37-28(2,3)4/h5-13,22,24H,14-16H2,1-4H3,(H,30,32)(H,33,34)/t22-,24+/m0/s1. The minimum absolute atomic E-state index is 0.0366. The first-order valence-corrected chi connectivity index (χ1v) is 12.1. The van der Waals surface area contributed by atoms with Crippen molar-refractivity contribution in [3.63, 3.8) is 0 Å². The average molecular weight is 506 g/mol. The number of carbonyl (C=O) groups is 3. The summed E-state index contributed by atoms with van der Waals surface area (Å²) >= 11 is 0. The first kappa shape index (κ1) is 25.9. The highest BCUT2D eigenvalue weighted by Gasteiger charge is 2.42. The number of aliphatic carboxylic acids is 1. The van der Waals surface area contributed by atoms with Crippen LogP contribution >= 0.6 is 0 Å². The average Bonchev–Trinajstić information content (AvgIpc) is 3.26. The van der Waals surface area contributed by atoms with Crippen molar-refractivity contribution >= 4 is 28.9 Å². The van der Waals surface area contributed by atoms with Gasteiger partial charge in [0.15, 0.2) is 0 Å². The summed E-state index contributed by atoms with van der Waals surface area (Å²) in [6.45, 7) is 7.52. The monoisotopic (exact) mass is 505 g/mol. The van der Waals surface area contributed by atoms with Crippen LogP contribution in [-0.2, 0) is 16.1 Å². The number of carbonyl (C=O) groups excluding carboxylic acids is 2. The van der Waals surface area contributed by atoms with Gasteiger partial charge in [-0.2, -0.15) is 0 Å². The van der Waals surface area contributed by atoms with E-state index in [0.29, 0.717) is 17.9 Å². The number of likely N-dealkylation sites (tertiary alicyclic amines) is 1. The summed E-state index contributed by atoms with van der Waals surface area (Å²) in [5.74, 6) is -1.85. The minimum Gasteiger partial charge on any atom is -0.489 e. The lowest BCUT2D eigenvalue weighted by molar-refractivity contribution is -0.141. The van der Waals surface area contributed by atoms with Crippen LogP contribution in [0.5, 0.6) is 5.75 Å². The molecule has 0 radical (unpaired) electrons. The van der Waals surface area contributed by atoms with E-state index in [1.54, 1.807) is 45.0 Å². The van der Waals surface area contributed by atoms with Crippen molar-refractivity contribution in [1.82, 2.24) is 15.2 Å². The summed E-state index contributed by atoms with van der Waals surface area (Å²) in [5, 5.41) is 13.4. The molecule has 1 saturated heterocycles. The maximum atomic E-state index is 12.9. The van der Waals surface area contributed by atoms with E-state index in [9.17, 15) is 19.5 Å². The van der Waals surface area contributed by atoms with Crippen LogP contribution in [0.25, 0.3) is 10.9 Å². The summed E-state index contributed by atoms with van der Waals surface area (Å²) in [4.78, 5) is 42.9. The third-order valence-electron chi connectivity index (χ3n) is 6.05. The molecule has 2 heterocycles. The molecule has 1 fully saturated rings. The topological polar surface area (TPSA) is 118 Å². The highest BCUT2D eigenvalue weighted by molar-refractivity contribution is 5.95. The second-order valence-electron chi connectivity index (χ2n) is 10.2. The molecule has 2 N–H and O–H groups in total. The third-order valence-corrected chi connectivity index (χ3v) is 6.05. The van der Waals surface area contributed by atoms with E-state index in [0.717, 1.165) is 22.2 Å². The van der Waals surface area contributed by atoms with Gasteiger partial charge in [0.1, 0.15) is 18.0 Å². The minimum atomic E-state index is -1.08. The molecule has 2 aromatic carbocycles. The number of hydrogen-bond donors (Lipinski definition) is 2. The number of rotatable bonds is 6. The number of pyridine rings is 1. The van der Waals surface area contributed by atoms with Gasteiger partial charge in [-0.15, -0.1) is 0 Å². The molecule has 4 rings (SSSR count). The number of carboxylic acids is 1. The molecule has 1 aromatic heterocycles. The Morgan fingerprint density at radius 2 is 1.78 bits per heavy atom. The van der Waals surface area contributed by atoms with Crippen LogP contribution < -0.4 is 10.1 Å². The molecule has 1 aliphatic rings. The summed E-state index contributed by atoms with van der Waals surface area (Å²) in [6, 6.07) is 15.8. The van der Waals surface area contributed by atoms with Crippen molar-refractivity contribution in [2.75, 3.05) is 13.1 Å². The molecule has 9 nitrogen and oxygen atoms in total. The Bertz CT molecular complexity index is 1320. The van der Waals surface area contributed by atoms with Crippen LogP contribution in [0.3, 0.4) is 0 Å². The fraction of sp³-hybridized carbons (Fsp3) is 0.357. The second kappa shape index (κ2) is 10.5. The third kappa shape index (κ3) is 6.35. The molecular formula is C28H31N3O6. The Morgan fingerprint density at radius 1 is 1.08 bits per heavy atom. The van der Waals surface area contributed by atoms with Gasteiger partial charge in [-0.3, -0.25) is 14.6 Å². The number of hydrogen-bond acceptors (Lipinski definition) is 6. The number of nitrogens with zero attached hydrogens (tertiary/aromatic N) is 2. The Hall–Kier alpha value is -4.14. The van der Waals surface area contributed by atoms with Gasteiger partial charge in [-0.1, -0.05) is 18.2 Å². The van der Waals surface area contributed by atoms with E-state index in [2.05, 4.69) is 10.3 Å². The SMILES string of the molecule is Cc1cc(COc2ccc(C(=O)N[C@@H]3CN(C(=O)OC(C)(C)C)C[C@@H]3C(=O)O)cc2)c2ccccc2n1. The molecule has 3 aromatic rings. The first-order chi connectivity index (χ1) is 17.5. The molecule has 0 spiro atoms. The Balaban J connectivity index is 1.39. The van der Waals surface area contributed by atoms with E-state index < -0.39 is 35.5 Å². The van der Waals surface area contributed by atoms with Gasteiger partial charge in [0, 0.05) is 35.3 Å². The fourth-order valence-corrected chi connectivity index (χ4v) is 4.31. The zero-order valence-electron chi connectivity index (χ0n) is 21.4. The van der Waals surface area contributed by atoms with Crippen LogP contribution in [-0.4, -0.2) is 57.7 Å². The molecule has 0 unspecified atom stereocenters. The van der Waals surface area contributed by atoms with Gasteiger partial charge in [0.05, 0.1) is 17.5 Å². The maximum Gasteiger partial charge on any atom is 0.410 e. The van der Waals surface area contributed by atoms with E-state index in [-0.39, 0.29) is 13.1 Å². The Kier molecular flexibility index (Phi) is 7.33. The number of fused-ring (bicyclic) bond motifs is 1. The van der Waals surface area contributed by atoms with Gasteiger partial charge in [-0.25, -0.2) is 4.79 Å². The molecule has 0 aliphatic carbocycles. The zero-order valence-corrected chi connectivity index (χ0v) is 21.4. The van der Waals surface area contributed by atoms with Crippen molar-refractivity contribution in [3.8, 4) is 5.75 Å². The first-order valence-electron chi connectivity index (χ1n) is 12.1. The molecule has 2 atom stereocenters. The lowest BCUT2D eigenvalue weighted by Gasteiger charge is -2.24. The Morgan fingerprint density at radius 3 is 2.46 bits per heavy atom. The van der Waals surface area contributed by atoms with E-state index in [1.807, 2.05) is 37.3 Å². The molecular weight excluding hydrogens is 474 g/mol. The number of carboxylic acid groups (broad SMARTS) is 1. The van der Waals surface area contributed by atoms with E-state index in [1.165, 1.54) is 4.90 Å². The molecule has 0 saturated carbocycles. The normalized spacial score (nSPS) is 17.5. The predicted octanol–water partition coefficient (Wildman–Crippen LogP) is 4.17. The van der Waals surface area contributed by atoms with Crippen molar-refractivity contribution in [3.05, 3.63) is 71.4 Å². The lowest BCUT2D eigenvalue weighted by Crippen LogP contribution is -2.43. The summed E-state index contributed by atoms with van der Waals surface area (Å²) in [5.41, 5.74) is 2.48. The number of benzene rings is 2. The fourth-order valence-electron chi connectivity index (χ4n) is 4.31. The quantitative estimate of drug-likeness (QED) is 0.516. The van der Waals surface area contributed by atoms with Crippen molar-refractivity contribution in [1.29, 1.82) is 0 Å². The molecule has 1 aliphatic heterocycles. The predicted molar refractivity (Wildman–Crippen MR) is 137 cm³/mol. The smallest absolute Gasteiger partial charge is 0.410 e. The van der Waals surface area contributed by atoms with Gasteiger partial charge in [0.2, 0.25) is 0 Å². The molecule has 194 valence electrons. The molecule has 37 heavy (non-hydrogen) atoms. The maximum absolute atomic E-state index is 12.9. The van der Waals surface area contributed by atoms with Crippen LogP contribution in [0, 0.1) is 12.8 Å². The van der Waals surface area contributed by atoms with Crippen LogP contribution in [0.2, 0.25) is 0 Å². The van der Waals surface area contributed by atoms with Crippen LogP contribution in [0.15, 0.2) is 54.6 Å². The van der Waals surface area contributed by atoms with Crippen LogP contribution in [0.4, 0.5) is 4.79 Å². The summed E-state index contributed by atoms with van der Waals surface area (Å²) in [6.07, 6.45) is -0.603. The van der Waals surface area contributed by atoms with Crippen molar-refractivity contribution in [2.24, 2.45) is 5.92 Å². The van der Waals surface area contributed by atoms with Crippen LogP contribution in [0.1, 0.15) is 42.4 Å². The van der Waals surface area contributed by atoms with E-state index >= 15 is 0 Å². The number of nitrogens with one attached hydrogen (secondary N) is 1. The number of para-hydroxylation sites is 1. The molecule has 2 amide bonds. The van der Waals surface area contributed by atoms with Gasteiger partial charge in [0.25, 0.3) is 5.91 Å². The lowest BCUT2D eigenvalue weighted by atomic mass is 10.0. The highest BCUT2D eigenvalue weighted by atomic mass is 16.6. The summed E-state index contributed by atoms with van der Waals surface area (Å²) < 4.78 is 11.3. The number of ether oxygens (including phenoxy) is 2. The van der Waals surface area contributed by atoms with Gasteiger partial charge >= 0.3 is 12.1 Å². The van der Waals surface area contributed by atoms with E-state index in [4.69, 9.17) is 9.47 Å². The highest BCUT2D eigenvalue weighted by Crippen LogP contribution is 2.23.